The second-order valence-electron chi connectivity index (χ2n) is 4.50. The largest absolute Gasteiger partial charge is 0.493 e. The quantitative estimate of drug-likeness (QED) is 0.706. The van der Waals surface area contributed by atoms with Crippen LogP contribution in [-0.2, 0) is 6.42 Å². The highest BCUT2D eigenvalue weighted by molar-refractivity contribution is 9.09. The summed E-state index contributed by atoms with van der Waals surface area (Å²) in [5.74, 6) is 0.659. The molecule has 1 unspecified atom stereocenters. The van der Waals surface area contributed by atoms with Gasteiger partial charge >= 0.3 is 0 Å². The Morgan fingerprint density at radius 3 is 2.68 bits per heavy atom. The van der Waals surface area contributed by atoms with Gasteiger partial charge in [-0.25, -0.2) is 4.39 Å². The lowest BCUT2D eigenvalue weighted by molar-refractivity contribution is 0.354. The van der Waals surface area contributed by atoms with E-state index in [4.69, 9.17) is 16.3 Å². The highest BCUT2D eigenvalue weighted by atomic mass is 79.9. The van der Waals surface area contributed by atoms with Crippen LogP contribution in [-0.4, -0.2) is 6.61 Å². The summed E-state index contributed by atoms with van der Waals surface area (Å²) in [6.07, 6.45) is 0.881. The van der Waals surface area contributed by atoms with Crippen LogP contribution in [0, 0.1) is 5.82 Å². The molecule has 1 nitrogen and oxygen atoms in total. The van der Waals surface area contributed by atoms with Gasteiger partial charge in [0.15, 0.2) is 0 Å². The normalized spacial score (nSPS) is 14.9. The Balaban J connectivity index is 2.04. The molecule has 0 N–H and O–H groups in total. The molecule has 98 valence electrons. The van der Waals surface area contributed by atoms with Crippen LogP contribution in [0.25, 0.3) is 0 Å². The van der Waals surface area contributed by atoms with E-state index in [0.717, 1.165) is 28.9 Å². The van der Waals surface area contributed by atoms with Gasteiger partial charge in [-0.1, -0.05) is 39.7 Å². The first-order valence-electron chi connectivity index (χ1n) is 6.00. The first-order valence-corrected chi connectivity index (χ1v) is 7.29. The smallest absolute Gasteiger partial charge is 0.127 e. The first-order chi connectivity index (χ1) is 9.15. The summed E-state index contributed by atoms with van der Waals surface area (Å²) >= 11 is 9.79. The van der Waals surface area contributed by atoms with E-state index in [-0.39, 0.29) is 10.6 Å². The van der Waals surface area contributed by atoms with Crippen LogP contribution in [0.5, 0.6) is 5.75 Å². The van der Waals surface area contributed by atoms with E-state index in [1.165, 1.54) is 12.1 Å². The second-order valence-corrected chi connectivity index (χ2v) is 5.85. The Hall–Kier alpha value is -1.06. The fraction of sp³-hybridized carbons (Fsp3) is 0.200. The van der Waals surface area contributed by atoms with Gasteiger partial charge in [0, 0.05) is 17.0 Å². The summed E-state index contributed by atoms with van der Waals surface area (Å²) in [6.45, 7) is 0.686. The number of alkyl halides is 1. The van der Waals surface area contributed by atoms with Gasteiger partial charge in [0.05, 0.1) is 11.4 Å². The van der Waals surface area contributed by atoms with Crippen molar-refractivity contribution in [2.24, 2.45) is 0 Å². The summed E-state index contributed by atoms with van der Waals surface area (Å²) in [6, 6.07) is 10.3. The maximum atomic E-state index is 13.0. The van der Waals surface area contributed by atoms with E-state index < -0.39 is 0 Å². The van der Waals surface area contributed by atoms with Gasteiger partial charge in [0.2, 0.25) is 0 Å². The van der Waals surface area contributed by atoms with Crippen LogP contribution in [0.2, 0.25) is 5.02 Å². The molecular formula is C15H11BrClFO. The molecule has 2 aromatic rings. The van der Waals surface area contributed by atoms with Crippen LogP contribution in [0.4, 0.5) is 4.39 Å². The Morgan fingerprint density at radius 1 is 1.21 bits per heavy atom. The first kappa shape index (κ1) is 12.9. The van der Waals surface area contributed by atoms with Crippen LogP contribution in [0.1, 0.15) is 21.5 Å². The fourth-order valence-corrected chi connectivity index (χ4v) is 3.19. The Kier molecular flexibility index (Phi) is 3.50. The van der Waals surface area contributed by atoms with Crippen LogP contribution in [0.3, 0.4) is 0 Å². The van der Waals surface area contributed by atoms with Crippen molar-refractivity contribution in [3.63, 3.8) is 0 Å². The molecule has 2 aromatic carbocycles. The molecule has 0 saturated heterocycles. The molecule has 0 radical (unpaired) electrons. The van der Waals surface area contributed by atoms with Gasteiger partial charge in [-0.3, -0.25) is 0 Å². The molecule has 0 aromatic heterocycles. The Morgan fingerprint density at radius 2 is 1.95 bits per heavy atom. The number of hydrogen-bond donors (Lipinski definition) is 0. The average molecular weight is 342 g/mol. The van der Waals surface area contributed by atoms with Crippen molar-refractivity contribution in [1.29, 1.82) is 0 Å². The monoisotopic (exact) mass is 340 g/mol. The minimum Gasteiger partial charge on any atom is -0.493 e. The van der Waals surface area contributed by atoms with Crippen molar-refractivity contribution in [1.82, 2.24) is 0 Å². The lowest BCUT2D eigenvalue weighted by Gasteiger charge is -2.15. The lowest BCUT2D eigenvalue weighted by Crippen LogP contribution is -1.97. The van der Waals surface area contributed by atoms with Crippen molar-refractivity contribution in [3.8, 4) is 5.75 Å². The number of halogens is 3. The zero-order valence-corrected chi connectivity index (χ0v) is 12.3. The number of benzene rings is 2. The van der Waals surface area contributed by atoms with Crippen molar-refractivity contribution < 1.29 is 9.13 Å². The fourth-order valence-electron chi connectivity index (χ4n) is 2.30. The standard InChI is InChI=1S/C15H11BrClFO/c16-14(9-1-3-12(18)4-2-9)13-8-11(17)7-10-5-6-19-15(10)13/h1-4,7-8,14H,5-6H2. The summed E-state index contributed by atoms with van der Waals surface area (Å²) in [4.78, 5) is -0.0568. The van der Waals surface area contributed by atoms with Gasteiger partial charge in [0.1, 0.15) is 11.6 Å². The minimum absolute atomic E-state index is 0.0568. The second kappa shape index (κ2) is 5.14. The molecule has 0 saturated carbocycles. The van der Waals surface area contributed by atoms with Gasteiger partial charge in [-0.2, -0.15) is 0 Å². The molecule has 0 bridgehead atoms. The maximum absolute atomic E-state index is 13.0. The molecule has 0 aliphatic carbocycles. The van der Waals surface area contributed by atoms with Gasteiger partial charge in [-0.15, -0.1) is 0 Å². The van der Waals surface area contributed by atoms with Crippen molar-refractivity contribution >= 4 is 27.5 Å². The van der Waals surface area contributed by atoms with Gasteiger partial charge in [-0.05, 0) is 35.4 Å². The molecule has 1 heterocycles. The van der Waals surface area contributed by atoms with E-state index in [9.17, 15) is 4.39 Å². The summed E-state index contributed by atoms with van der Waals surface area (Å²) in [7, 11) is 0. The molecular weight excluding hydrogens is 331 g/mol. The van der Waals surface area contributed by atoms with E-state index >= 15 is 0 Å². The average Bonchev–Trinajstić information content (AvgIpc) is 2.85. The van der Waals surface area contributed by atoms with Gasteiger partial charge < -0.3 is 4.74 Å². The summed E-state index contributed by atoms with van der Waals surface area (Å²) in [5, 5.41) is 0.700. The number of fused-ring (bicyclic) bond motifs is 1. The van der Waals surface area contributed by atoms with E-state index in [1.54, 1.807) is 12.1 Å². The molecule has 4 heteroatoms. The Bertz CT molecular complexity index is 612. The maximum Gasteiger partial charge on any atom is 0.127 e. The molecule has 0 fully saturated rings. The highest BCUT2D eigenvalue weighted by Crippen LogP contribution is 2.42. The molecule has 19 heavy (non-hydrogen) atoms. The van der Waals surface area contributed by atoms with Crippen molar-refractivity contribution in [2.45, 2.75) is 11.2 Å². The SMILES string of the molecule is Fc1ccc(C(Br)c2cc(Cl)cc3c2OCC3)cc1. The summed E-state index contributed by atoms with van der Waals surface area (Å²) < 4.78 is 18.7. The molecule has 0 spiro atoms. The van der Waals surface area contributed by atoms with E-state index in [0.29, 0.717) is 11.6 Å². The predicted molar refractivity (Wildman–Crippen MR) is 77.8 cm³/mol. The van der Waals surface area contributed by atoms with Crippen LogP contribution < -0.4 is 4.74 Å². The molecule has 1 aliphatic heterocycles. The minimum atomic E-state index is -0.240. The third-order valence-electron chi connectivity index (χ3n) is 3.21. The zero-order chi connectivity index (χ0) is 13.4. The molecule has 3 rings (SSSR count). The third-order valence-corrected chi connectivity index (χ3v) is 4.45. The van der Waals surface area contributed by atoms with Crippen LogP contribution >= 0.6 is 27.5 Å². The third kappa shape index (κ3) is 2.49. The van der Waals surface area contributed by atoms with E-state index in [2.05, 4.69) is 15.9 Å². The van der Waals surface area contributed by atoms with Crippen molar-refractivity contribution in [3.05, 3.63) is 63.9 Å². The zero-order valence-electron chi connectivity index (χ0n) is 10.00. The number of hydrogen-bond acceptors (Lipinski definition) is 1. The van der Waals surface area contributed by atoms with E-state index in [1.807, 2.05) is 12.1 Å². The molecule has 1 aliphatic rings. The molecule has 0 amide bonds. The number of ether oxygens (including phenoxy) is 1. The topological polar surface area (TPSA) is 9.23 Å². The lowest BCUT2D eigenvalue weighted by atomic mass is 10.0. The predicted octanol–water partition coefficient (Wildman–Crippen LogP) is 4.90. The number of rotatable bonds is 2. The van der Waals surface area contributed by atoms with Crippen LogP contribution in [0.15, 0.2) is 36.4 Å². The van der Waals surface area contributed by atoms with Crippen molar-refractivity contribution in [2.75, 3.05) is 6.61 Å². The van der Waals surface area contributed by atoms with Gasteiger partial charge in [0.25, 0.3) is 0 Å². The molecule has 1 atom stereocenters. The Labute approximate surface area is 124 Å². The summed E-state index contributed by atoms with van der Waals surface area (Å²) in [5.41, 5.74) is 3.10. The highest BCUT2D eigenvalue weighted by Gasteiger charge is 2.22.